The summed E-state index contributed by atoms with van der Waals surface area (Å²) in [6, 6.07) is 6.99. The highest BCUT2D eigenvalue weighted by atomic mass is 16.5. The molecule has 0 aliphatic carbocycles. The van der Waals surface area contributed by atoms with Gasteiger partial charge in [0.15, 0.2) is 11.5 Å². The van der Waals surface area contributed by atoms with Gasteiger partial charge in [0.2, 0.25) is 0 Å². The Balaban J connectivity index is 2.22. The minimum Gasteiger partial charge on any atom is -0.493 e. The number of nitrogens with zero attached hydrogens (tertiary/aromatic N) is 2. The van der Waals surface area contributed by atoms with Crippen LogP contribution in [0.3, 0.4) is 0 Å². The maximum Gasteiger partial charge on any atom is 0.274 e. The molecule has 7 nitrogen and oxygen atoms in total. The maximum atomic E-state index is 12.5. The van der Waals surface area contributed by atoms with Gasteiger partial charge < -0.3 is 20.1 Å². The lowest BCUT2D eigenvalue weighted by Crippen LogP contribution is -2.17. The minimum atomic E-state index is -0.320. The fourth-order valence-electron chi connectivity index (χ4n) is 2.16. The molecule has 1 heterocycles. The Kier molecular flexibility index (Phi) is 5.57. The molecule has 0 radical (unpaired) electrons. The number of amides is 1. The number of anilines is 2. The average Bonchev–Trinajstić information content (AvgIpc) is 2.53. The van der Waals surface area contributed by atoms with Crippen LogP contribution in [-0.4, -0.2) is 36.1 Å². The molecule has 2 rings (SSSR count). The lowest BCUT2D eigenvalue weighted by Gasteiger charge is -2.12. The number of benzene rings is 1. The van der Waals surface area contributed by atoms with E-state index in [1.54, 1.807) is 45.4 Å². The normalized spacial score (nSPS) is 10.4. The van der Waals surface area contributed by atoms with E-state index in [1.165, 1.54) is 0 Å². The van der Waals surface area contributed by atoms with Crippen LogP contribution < -0.4 is 20.1 Å². The summed E-state index contributed by atoms with van der Waals surface area (Å²) in [6.45, 7) is 5.75. The van der Waals surface area contributed by atoms with E-state index in [-0.39, 0.29) is 11.9 Å². The molecular formula is C17H22N4O3. The van der Waals surface area contributed by atoms with Crippen molar-refractivity contribution in [1.82, 2.24) is 9.97 Å². The average molecular weight is 330 g/mol. The van der Waals surface area contributed by atoms with Crippen molar-refractivity contribution < 1.29 is 14.3 Å². The van der Waals surface area contributed by atoms with Crippen molar-refractivity contribution in [3.8, 4) is 11.5 Å². The molecule has 1 aromatic heterocycles. The lowest BCUT2D eigenvalue weighted by atomic mass is 10.2. The Morgan fingerprint density at radius 1 is 1.08 bits per heavy atom. The van der Waals surface area contributed by atoms with Crippen molar-refractivity contribution in [2.45, 2.75) is 26.8 Å². The van der Waals surface area contributed by atoms with Crippen molar-refractivity contribution in [2.75, 3.05) is 24.9 Å². The van der Waals surface area contributed by atoms with Crippen LogP contribution in [0.4, 0.5) is 11.5 Å². The van der Waals surface area contributed by atoms with Crippen molar-refractivity contribution in [3.63, 3.8) is 0 Å². The third-order valence-corrected chi connectivity index (χ3v) is 3.15. The molecule has 0 unspecified atom stereocenters. The highest BCUT2D eigenvalue weighted by molar-refractivity contribution is 6.03. The van der Waals surface area contributed by atoms with E-state index in [9.17, 15) is 4.79 Å². The van der Waals surface area contributed by atoms with Gasteiger partial charge in [-0.3, -0.25) is 4.79 Å². The summed E-state index contributed by atoms with van der Waals surface area (Å²) in [5.41, 5.74) is 0.882. The second kappa shape index (κ2) is 7.63. The van der Waals surface area contributed by atoms with Gasteiger partial charge in [0.05, 0.1) is 14.2 Å². The number of carbonyl (C=O) groups excluding carboxylic acids is 1. The van der Waals surface area contributed by atoms with Gasteiger partial charge in [-0.25, -0.2) is 9.97 Å². The van der Waals surface area contributed by atoms with Gasteiger partial charge in [-0.15, -0.1) is 0 Å². The molecule has 0 bridgehead atoms. The van der Waals surface area contributed by atoms with E-state index in [1.807, 2.05) is 13.8 Å². The number of hydrogen-bond donors (Lipinski definition) is 2. The van der Waals surface area contributed by atoms with Crippen LogP contribution in [0.2, 0.25) is 0 Å². The molecule has 0 atom stereocenters. The SMILES string of the molecule is COc1ccc(NC(=O)c2cc(NC(C)C)nc(C)n2)cc1OC. The van der Waals surface area contributed by atoms with Crippen molar-refractivity contribution in [3.05, 3.63) is 35.8 Å². The topological polar surface area (TPSA) is 85.4 Å². The number of methoxy groups -OCH3 is 2. The fraction of sp³-hybridized carbons (Fsp3) is 0.353. The van der Waals surface area contributed by atoms with Crippen LogP contribution in [0.5, 0.6) is 11.5 Å². The lowest BCUT2D eigenvalue weighted by molar-refractivity contribution is 0.102. The zero-order valence-corrected chi connectivity index (χ0v) is 14.5. The predicted octanol–water partition coefficient (Wildman–Crippen LogP) is 2.87. The fourth-order valence-corrected chi connectivity index (χ4v) is 2.16. The Hall–Kier alpha value is -2.83. The van der Waals surface area contributed by atoms with Gasteiger partial charge in [0.25, 0.3) is 5.91 Å². The van der Waals surface area contributed by atoms with Crippen LogP contribution in [0.25, 0.3) is 0 Å². The Labute approximate surface area is 141 Å². The molecule has 1 amide bonds. The first-order valence-electron chi connectivity index (χ1n) is 7.58. The summed E-state index contributed by atoms with van der Waals surface area (Å²) in [4.78, 5) is 20.9. The summed E-state index contributed by atoms with van der Waals surface area (Å²) in [6.07, 6.45) is 0. The van der Waals surface area contributed by atoms with Crippen LogP contribution in [-0.2, 0) is 0 Å². The number of aromatic nitrogens is 2. The summed E-state index contributed by atoms with van der Waals surface area (Å²) in [5.74, 6) is 1.96. The molecule has 0 fully saturated rings. The number of hydrogen-bond acceptors (Lipinski definition) is 6. The van der Waals surface area contributed by atoms with E-state index in [0.29, 0.717) is 34.5 Å². The van der Waals surface area contributed by atoms with E-state index >= 15 is 0 Å². The highest BCUT2D eigenvalue weighted by Crippen LogP contribution is 2.29. The quantitative estimate of drug-likeness (QED) is 0.847. The molecule has 2 aromatic rings. The van der Waals surface area contributed by atoms with Gasteiger partial charge >= 0.3 is 0 Å². The molecule has 2 N–H and O–H groups in total. The monoisotopic (exact) mass is 330 g/mol. The molecule has 0 spiro atoms. The van der Waals surface area contributed by atoms with E-state index in [2.05, 4.69) is 20.6 Å². The Morgan fingerprint density at radius 2 is 1.79 bits per heavy atom. The van der Waals surface area contributed by atoms with Crippen LogP contribution >= 0.6 is 0 Å². The Bertz CT molecular complexity index is 732. The molecule has 0 aliphatic rings. The number of aryl methyl sites for hydroxylation is 1. The standard InChI is InChI=1S/C17H22N4O3/c1-10(2)18-16-9-13(19-11(3)20-16)17(22)21-12-6-7-14(23-4)15(8-12)24-5/h6-10H,1-5H3,(H,21,22)(H,18,19,20). The number of nitrogens with one attached hydrogen (secondary N) is 2. The molecular weight excluding hydrogens is 308 g/mol. The van der Waals surface area contributed by atoms with Gasteiger partial charge in [-0.05, 0) is 32.9 Å². The second-order valence-corrected chi connectivity index (χ2v) is 5.51. The van der Waals surface area contributed by atoms with Crippen molar-refractivity contribution in [1.29, 1.82) is 0 Å². The maximum absolute atomic E-state index is 12.5. The molecule has 0 saturated heterocycles. The van der Waals surface area contributed by atoms with Gasteiger partial charge in [0, 0.05) is 23.9 Å². The largest absolute Gasteiger partial charge is 0.493 e. The third-order valence-electron chi connectivity index (χ3n) is 3.15. The van der Waals surface area contributed by atoms with Crippen LogP contribution in [0.15, 0.2) is 24.3 Å². The Morgan fingerprint density at radius 3 is 2.42 bits per heavy atom. The second-order valence-electron chi connectivity index (χ2n) is 5.51. The summed E-state index contributed by atoms with van der Waals surface area (Å²) in [5, 5.41) is 5.97. The zero-order chi connectivity index (χ0) is 17.7. The van der Waals surface area contributed by atoms with E-state index < -0.39 is 0 Å². The summed E-state index contributed by atoms with van der Waals surface area (Å²) >= 11 is 0. The van der Waals surface area contributed by atoms with Crippen molar-refractivity contribution >= 4 is 17.4 Å². The highest BCUT2D eigenvalue weighted by Gasteiger charge is 2.13. The minimum absolute atomic E-state index is 0.209. The van der Waals surface area contributed by atoms with Crippen molar-refractivity contribution in [2.24, 2.45) is 0 Å². The molecule has 0 saturated carbocycles. The smallest absolute Gasteiger partial charge is 0.274 e. The van der Waals surface area contributed by atoms with Gasteiger partial charge in [-0.2, -0.15) is 0 Å². The number of ether oxygens (including phenoxy) is 2. The predicted molar refractivity (Wildman–Crippen MR) is 93.0 cm³/mol. The summed E-state index contributed by atoms with van der Waals surface area (Å²) in [7, 11) is 3.10. The van der Waals surface area contributed by atoms with Gasteiger partial charge in [0.1, 0.15) is 17.3 Å². The van der Waals surface area contributed by atoms with E-state index in [0.717, 1.165) is 0 Å². The first kappa shape index (κ1) is 17.5. The zero-order valence-electron chi connectivity index (χ0n) is 14.5. The molecule has 0 aliphatic heterocycles. The molecule has 1 aromatic carbocycles. The molecule has 24 heavy (non-hydrogen) atoms. The van der Waals surface area contributed by atoms with Crippen LogP contribution in [0, 0.1) is 6.92 Å². The first-order chi connectivity index (χ1) is 11.4. The molecule has 7 heteroatoms. The molecule has 128 valence electrons. The van der Waals surface area contributed by atoms with Crippen LogP contribution in [0.1, 0.15) is 30.2 Å². The third kappa shape index (κ3) is 4.34. The summed E-state index contributed by atoms with van der Waals surface area (Å²) < 4.78 is 10.4. The number of carbonyl (C=O) groups is 1. The van der Waals surface area contributed by atoms with Gasteiger partial charge in [-0.1, -0.05) is 0 Å². The van der Waals surface area contributed by atoms with E-state index in [4.69, 9.17) is 9.47 Å². The number of rotatable bonds is 6. The first-order valence-corrected chi connectivity index (χ1v) is 7.58.